The topological polar surface area (TPSA) is 179 Å². The Morgan fingerprint density at radius 1 is 0.517 bits per heavy atom. The summed E-state index contributed by atoms with van der Waals surface area (Å²) in [4.78, 5) is 42.9. The molecular formula is C16H28N2O11. The Kier molecular flexibility index (Phi) is 17.5. The molecule has 0 spiro atoms. The van der Waals surface area contributed by atoms with Crippen molar-refractivity contribution in [2.75, 3.05) is 79.2 Å². The molecule has 2 amide bonds. The van der Waals surface area contributed by atoms with Crippen LogP contribution in [0, 0.1) is 0 Å². The Balaban J connectivity index is 3.24. The van der Waals surface area contributed by atoms with Gasteiger partial charge in [-0.05, 0) is 0 Å². The molecule has 0 saturated heterocycles. The second-order valence-corrected chi connectivity index (χ2v) is 5.31. The highest BCUT2D eigenvalue weighted by Crippen LogP contribution is 1.82. The number of hydrogen-bond acceptors (Lipinski definition) is 9. The van der Waals surface area contributed by atoms with Crippen molar-refractivity contribution < 1.29 is 53.1 Å². The number of carboxylic acid groups (broad SMARTS) is 2. The lowest BCUT2D eigenvalue weighted by Gasteiger charge is -2.08. The molecule has 0 aliphatic rings. The third-order valence-corrected chi connectivity index (χ3v) is 2.80. The molecule has 13 nitrogen and oxygen atoms in total. The summed E-state index contributed by atoms with van der Waals surface area (Å²) in [6, 6.07) is 0. The molecule has 0 saturated carbocycles. The van der Waals surface area contributed by atoms with Gasteiger partial charge in [-0.15, -0.1) is 0 Å². The number of amides is 2. The summed E-state index contributed by atoms with van der Waals surface area (Å²) in [5.74, 6) is -3.13. The molecule has 0 unspecified atom stereocenters. The molecule has 29 heavy (non-hydrogen) atoms. The van der Waals surface area contributed by atoms with Crippen molar-refractivity contribution in [1.82, 2.24) is 10.6 Å². The Labute approximate surface area is 167 Å². The van der Waals surface area contributed by atoms with Crippen LogP contribution in [-0.4, -0.2) is 113 Å². The van der Waals surface area contributed by atoms with Gasteiger partial charge in [0.2, 0.25) is 11.8 Å². The molecule has 13 heteroatoms. The van der Waals surface area contributed by atoms with Crippen molar-refractivity contribution in [2.45, 2.75) is 0 Å². The van der Waals surface area contributed by atoms with Crippen molar-refractivity contribution in [1.29, 1.82) is 0 Å². The van der Waals surface area contributed by atoms with Crippen LogP contribution < -0.4 is 10.6 Å². The van der Waals surface area contributed by atoms with Crippen LogP contribution in [0.5, 0.6) is 0 Å². The lowest BCUT2D eigenvalue weighted by Crippen LogP contribution is -2.31. The van der Waals surface area contributed by atoms with Crippen molar-refractivity contribution in [2.24, 2.45) is 0 Å². The third kappa shape index (κ3) is 21.8. The predicted molar refractivity (Wildman–Crippen MR) is 95.4 cm³/mol. The van der Waals surface area contributed by atoms with Crippen LogP contribution in [0.4, 0.5) is 0 Å². The summed E-state index contributed by atoms with van der Waals surface area (Å²) in [6.45, 7) is 0.752. The van der Waals surface area contributed by atoms with E-state index in [1.807, 2.05) is 0 Å². The molecule has 0 radical (unpaired) electrons. The Morgan fingerprint density at radius 2 is 0.862 bits per heavy atom. The van der Waals surface area contributed by atoms with Gasteiger partial charge in [0.15, 0.2) is 0 Å². The molecule has 0 aromatic heterocycles. The number of nitrogens with one attached hydrogen (secondary N) is 2. The standard InChI is InChI=1S/C16H28N2O11/c19-13(9-28-11-15(21)22)17-1-3-25-5-7-27-8-6-26-4-2-18-14(20)10-29-12-16(23)24/h1-12H2,(H,17,19)(H,18,20)(H,21,22)(H,23,24). The number of carbonyl (C=O) groups excluding carboxylic acids is 2. The summed E-state index contributed by atoms with van der Waals surface area (Å²) >= 11 is 0. The van der Waals surface area contributed by atoms with Crippen LogP contribution in [-0.2, 0) is 42.9 Å². The second kappa shape index (κ2) is 19.0. The van der Waals surface area contributed by atoms with Crippen LogP contribution in [0.15, 0.2) is 0 Å². The largest absolute Gasteiger partial charge is 0.480 e. The number of hydrogen-bond donors (Lipinski definition) is 4. The third-order valence-electron chi connectivity index (χ3n) is 2.80. The van der Waals surface area contributed by atoms with Gasteiger partial charge in [-0.3, -0.25) is 9.59 Å². The van der Waals surface area contributed by atoms with Crippen LogP contribution >= 0.6 is 0 Å². The minimum Gasteiger partial charge on any atom is -0.480 e. The first-order valence-corrected chi connectivity index (χ1v) is 8.77. The van der Waals surface area contributed by atoms with Gasteiger partial charge in [-0.25, -0.2) is 9.59 Å². The zero-order valence-electron chi connectivity index (χ0n) is 16.1. The molecule has 0 heterocycles. The highest BCUT2D eigenvalue weighted by atomic mass is 16.5. The molecule has 0 aliphatic carbocycles. The molecule has 0 aromatic carbocycles. The van der Waals surface area contributed by atoms with E-state index in [2.05, 4.69) is 20.1 Å². The lowest BCUT2D eigenvalue weighted by atomic mass is 10.5. The molecule has 0 atom stereocenters. The number of carboxylic acids is 2. The van der Waals surface area contributed by atoms with E-state index in [-0.39, 0.29) is 39.5 Å². The average Bonchev–Trinajstić information content (AvgIpc) is 2.64. The van der Waals surface area contributed by atoms with Crippen molar-refractivity contribution in [3.05, 3.63) is 0 Å². The molecule has 0 bridgehead atoms. The minimum absolute atomic E-state index is 0.269. The van der Waals surface area contributed by atoms with Crippen molar-refractivity contribution in [3.63, 3.8) is 0 Å². The number of aliphatic carboxylic acids is 2. The Hall–Kier alpha value is -2.32. The van der Waals surface area contributed by atoms with E-state index in [0.29, 0.717) is 26.4 Å². The first-order chi connectivity index (χ1) is 13.9. The summed E-state index contributed by atoms with van der Waals surface area (Å²) in [5, 5.41) is 21.7. The van der Waals surface area contributed by atoms with Gasteiger partial charge in [0, 0.05) is 13.1 Å². The molecular weight excluding hydrogens is 396 g/mol. The smallest absolute Gasteiger partial charge is 0.329 e. The van der Waals surface area contributed by atoms with Crippen LogP contribution in [0.3, 0.4) is 0 Å². The minimum atomic E-state index is -1.14. The van der Waals surface area contributed by atoms with E-state index < -0.39 is 37.0 Å². The van der Waals surface area contributed by atoms with Crippen molar-refractivity contribution in [3.8, 4) is 0 Å². The zero-order chi connectivity index (χ0) is 21.7. The zero-order valence-corrected chi connectivity index (χ0v) is 16.1. The highest BCUT2D eigenvalue weighted by Gasteiger charge is 2.04. The Morgan fingerprint density at radius 3 is 1.21 bits per heavy atom. The van der Waals surface area contributed by atoms with E-state index in [0.717, 1.165) is 0 Å². The van der Waals surface area contributed by atoms with Crippen LogP contribution in [0.1, 0.15) is 0 Å². The first-order valence-electron chi connectivity index (χ1n) is 8.77. The predicted octanol–water partition coefficient (Wildman–Crippen LogP) is -2.53. The molecule has 0 aromatic rings. The van der Waals surface area contributed by atoms with E-state index in [9.17, 15) is 19.2 Å². The maximum absolute atomic E-state index is 11.2. The fourth-order valence-electron chi connectivity index (χ4n) is 1.63. The first kappa shape index (κ1) is 26.7. The maximum atomic E-state index is 11.2. The van der Waals surface area contributed by atoms with Crippen LogP contribution in [0.25, 0.3) is 0 Å². The van der Waals surface area contributed by atoms with Crippen molar-refractivity contribution >= 4 is 23.8 Å². The van der Waals surface area contributed by atoms with E-state index in [4.69, 9.17) is 24.4 Å². The van der Waals surface area contributed by atoms with Gasteiger partial charge < -0.3 is 44.5 Å². The van der Waals surface area contributed by atoms with Gasteiger partial charge in [-0.1, -0.05) is 0 Å². The fraction of sp³-hybridized carbons (Fsp3) is 0.750. The lowest BCUT2D eigenvalue weighted by molar-refractivity contribution is -0.145. The summed E-state index contributed by atoms with van der Waals surface area (Å²) in [5.41, 5.74) is 0. The molecule has 0 fully saturated rings. The number of rotatable bonds is 20. The average molecular weight is 424 g/mol. The number of ether oxygens (including phenoxy) is 5. The van der Waals surface area contributed by atoms with Gasteiger partial charge in [0.1, 0.15) is 26.4 Å². The van der Waals surface area contributed by atoms with E-state index in [1.54, 1.807) is 0 Å². The van der Waals surface area contributed by atoms with Gasteiger partial charge >= 0.3 is 11.9 Å². The van der Waals surface area contributed by atoms with E-state index in [1.165, 1.54) is 0 Å². The van der Waals surface area contributed by atoms with Gasteiger partial charge in [0.05, 0.1) is 39.6 Å². The molecule has 0 rings (SSSR count). The summed E-state index contributed by atoms with van der Waals surface area (Å²) in [6.07, 6.45) is 0. The summed E-state index contributed by atoms with van der Waals surface area (Å²) < 4.78 is 25.0. The normalized spacial score (nSPS) is 10.5. The Bertz CT molecular complexity index is 445. The monoisotopic (exact) mass is 424 g/mol. The van der Waals surface area contributed by atoms with E-state index >= 15 is 0 Å². The molecule has 168 valence electrons. The van der Waals surface area contributed by atoms with Gasteiger partial charge in [-0.2, -0.15) is 0 Å². The molecule has 0 aliphatic heterocycles. The quantitative estimate of drug-likeness (QED) is 0.151. The maximum Gasteiger partial charge on any atom is 0.329 e. The SMILES string of the molecule is O=C(O)COCC(=O)NCCOCCOCCOCCNC(=O)COCC(=O)O. The second-order valence-electron chi connectivity index (χ2n) is 5.31. The fourth-order valence-corrected chi connectivity index (χ4v) is 1.63. The number of carbonyl (C=O) groups is 4. The highest BCUT2D eigenvalue weighted by molar-refractivity contribution is 5.78. The summed E-state index contributed by atoms with van der Waals surface area (Å²) in [7, 11) is 0. The van der Waals surface area contributed by atoms with Crippen LogP contribution in [0.2, 0.25) is 0 Å². The molecule has 4 N–H and O–H groups in total. The van der Waals surface area contributed by atoms with Gasteiger partial charge in [0.25, 0.3) is 0 Å².